The van der Waals surface area contributed by atoms with Gasteiger partial charge in [0.2, 0.25) is 0 Å². The maximum Gasteiger partial charge on any atom is 0.261 e. The van der Waals surface area contributed by atoms with Gasteiger partial charge in [0.25, 0.3) is 15.9 Å². The smallest absolute Gasteiger partial charge is 0.261 e. The molecule has 1 amide bonds. The van der Waals surface area contributed by atoms with Crippen LogP contribution in [0.3, 0.4) is 0 Å². The molecule has 1 aliphatic rings. The minimum Gasteiger partial charge on any atom is -0.486 e. The monoisotopic (exact) mass is 438 g/mol. The highest BCUT2D eigenvalue weighted by molar-refractivity contribution is 7.92. The fourth-order valence-electron chi connectivity index (χ4n) is 3.15. The number of hydrogen-bond acceptors (Lipinski definition) is 5. The summed E-state index contributed by atoms with van der Waals surface area (Å²) >= 11 is 0. The topological polar surface area (TPSA) is 93.7 Å². The number of aryl methyl sites for hydroxylation is 1. The molecule has 4 rings (SSSR count). The highest BCUT2D eigenvalue weighted by Gasteiger charge is 2.22. The summed E-state index contributed by atoms with van der Waals surface area (Å²) in [6.07, 6.45) is -0.319. The third-order valence-electron chi connectivity index (χ3n) is 4.86. The number of carbonyl (C=O) groups is 1. The molecule has 0 unspecified atom stereocenters. The number of sulfonamides is 1. The van der Waals surface area contributed by atoms with Gasteiger partial charge in [0.15, 0.2) is 11.5 Å². The average Bonchev–Trinajstić information content (AvgIpc) is 2.79. The first-order valence-corrected chi connectivity index (χ1v) is 11.3. The summed E-state index contributed by atoms with van der Waals surface area (Å²) in [5.74, 6) is 0.988. The van der Waals surface area contributed by atoms with Crippen LogP contribution in [0, 0.1) is 6.92 Å². The molecule has 0 saturated carbocycles. The summed E-state index contributed by atoms with van der Waals surface area (Å²) in [6, 6.07) is 20.3. The number of para-hydroxylation sites is 2. The molecule has 31 heavy (non-hydrogen) atoms. The van der Waals surface area contributed by atoms with E-state index < -0.39 is 10.0 Å². The molecule has 0 saturated heterocycles. The van der Waals surface area contributed by atoms with Crippen LogP contribution in [0.2, 0.25) is 0 Å². The standard InChI is InChI=1S/C23H22N2O5S/c1-16-11-12-17(13-20(16)25-31(27,28)19-7-3-2-4-8-19)23(26)24-14-18-15-29-21-9-5-6-10-22(21)30-18/h2-13,18,25H,14-15H2,1H3,(H,24,26)/t18-/m0/s1. The predicted molar refractivity (Wildman–Crippen MR) is 117 cm³/mol. The maximum absolute atomic E-state index is 12.6. The van der Waals surface area contributed by atoms with Gasteiger partial charge < -0.3 is 14.8 Å². The number of hydrogen-bond donors (Lipinski definition) is 2. The van der Waals surface area contributed by atoms with E-state index in [-0.39, 0.29) is 23.5 Å². The van der Waals surface area contributed by atoms with Gasteiger partial charge in [-0.2, -0.15) is 0 Å². The van der Waals surface area contributed by atoms with E-state index in [0.717, 1.165) is 0 Å². The number of carbonyl (C=O) groups excluding carboxylic acids is 1. The minimum absolute atomic E-state index is 0.152. The Morgan fingerprint density at radius 2 is 1.71 bits per heavy atom. The van der Waals surface area contributed by atoms with Crippen LogP contribution < -0.4 is 19.5 Å². The zero-order valence-corrected chi connectivity index (χ0v) is 17.7. The molecule has 0 spiro atoms. The van der Waals surface area contributed by atoms with Gasteiger partial charge in [-0.15, -0.1) is 0 Å². The molecular formula is C23H22N2O5S. The van der Waals surface area contributed by atoms with Crippen LogP contribution in [0.25, 0.3) is 0 Å². The number of benzene rings is 3. The molecule has 0 aliphatic carbocycles. The summed E-state index contributed by atoms with van der Waals surface area (Å²) in [7, 11) is -3.75. The number of rotatable bonds is 6. The van der Waals surface area contributed by atoms with Crippen molar-refractivity contribution in [3.8, 4) is 11.5 Å². The van der Waals surface area contributed by atoms with E-state index in [9.17, 15) is 13.2 Å². The van der Waals surface area contributed by atoms with Gasteiger partial charge in [0.1, 0.15) is 12.7 Å². The van der Waals surface area contributed by atoms with Gasteiger partial charge in [0, 0.05) is 5.56 Å². The Morgan fingerprint density at radius 1 is 1.00 bits per heavy atom. The molecule has 1 atom stereocenters. The fraction of sp³-hybridized carbons (Fsp3) is 0.174. The van der Waals surface area contributed by atoms with Crippen molar-refractivity contribution in [2.45, 2.75) is 17.9 Å². The summed E-state index contributed by atoms with van der Waals surface area (Å²) < 4.78 is 39.3. The van der Waals surface area contributed by atoms with Crippen molar-refractivity contribution in [3.63, 3.8) is 0 Å². The van der Waals surface area contributed by atoms with Crippen LogP contribution in [-0.4, -0.2) is 33.6 Å². The normalized spacial score (nSPS) is 15.2. The SMILES string of the molecule is Cc1ccc(C(=O)NC[C@H]2COc3ccccc3O2)cc1NS(=O)(=O)c1ccccc1. The molecular weight excluding hydrogens is 416 g/mol. The number of fused-ring (bicyclic) bond motifs is 1. The number of anilines is 1. The van der Waals surface area contributed by atoms with Gasteiger partial charge in [-0.25, -0.2) is 8.42 Å². The second kappa shape index (κ2) is 8.69. The molecule has 1 heterocycles. The summed E-state index contributed by atoms with van der Waals surface area (Å²) in [6.45, 7) is 2.36. The van der Waals surface area contributed by atoms with Gasteiger partial charge in [0.05, 0.1) is 17.1 Å². The third-order valence-corrected chi connectivity index (χ3v) is 6.24. The van der Waals surface area contributed by atoms with E-state index >= 15 is 0 Å². The first kappa shape index (κ1) is 20.7. The lowest BCUT2D eigenvalue weighted by atomic mass is 10.1. The molecule has 8 heteroatoms. The van der Waals surface area contributed by atoms with Gasteiger partial charge >= 0.3 is 0 Å². The van der Waals surface area contributed by atoms with Crippen molar-refractivity contribution in [3.05, 3.63) is 83.9 Å². The van der Waals surface area contributed by atoms with Gasteiger partial charge in [-0.1, -0.05) is 36.4 Å². The largest absolute Gasteiger partial charge is 0.486 e. The molecule has 160 valence electrons. The Hall–Kier alpha value is -3.52. The Bertz CT molecular complexity index is 1200. The van der Waals surface area contributed by atoms with Crippen molar-refractivity contribution in [1.82, 2.24) is 5.32 Å². The molecule has 2 N–H and O–H groups in total. The van der Waals surface area contributed by atoms with Crippen LogP contribution in [0.1, 0.15) is 15.9 Å². The zero-order valence-electron chi connectivity index (χ0n) is 16.9. The number of amides is 1. The quantitative estimate of drug-likeness (QED) is 0.616. The van der Waals surface area contributed by atoms with Crippen LogP contribution >= 0.6 is 0 Å². The first-order valence-electron chi connectivity index (χ1n) is 9.77. The van der Waals surface area contributed by atoms with Gasteiger partial charge in [-0.3, -0.25) is 9.52 Å². The van der Waals surface area contributed by atoms with Crippen molar-refractivity contribution >= 4 is 21.6 Å². The van der Waals surface area contributed by atoms with Crippen molar-refractivity contribution < 1.29 is 22.7 Å². The van der Waals surface area contributed by atoms with E-state index in [1.807, 2.05) is 24.3 Å². The predicted octanol–water partition coefficient (Wildman–Crippen LogP) is 3.37. The molecule has 0 fully saturated rings. The molecule has 0 radical (unpaired) electrons. The van der Waals surface area contributed by atoms with Crippen molar-refractivity contribution in [1.29, 1.82) is 0 Å². The molecule has 0 aromatic heterocycles. The fourth-order valence-corrected chi connectivity index (χ4v) is 4.29. The highest BCUT2D eigenvalue weighted by Crippen LogP contribution is 2.30. The molecule has 1 aliphatic heterocycles. The van der Waals surface area contributed by atoms with E-state index in [1.54, 1.807) is 37.3 Å². The Kier molecular flexibility index (Phi) is 5.81. The Balaban J connectivity index is 1.43. The van der Waals surface area contributed by atoms with E-state index in [0.29, 0.717) is 34.9 Å². The first-order chi connectivity index (χ1) is 14.9. The Labute approximate surface area is 181 Å². The second-order valence-electron chi connectivity index (χ2n) is 7.16. The van der Waals surface area contributed by atoms with Crippen LogP contribution in [-0.2, 0) is 10.0 Å². The van der Waals surface area contributed by atoms with E-state index in [4.69, 9.17) is 9.47 Å². The lowest BCUT2D eigenvalue weighted by Crippen LogP contribution is -2.40. The number of nitrogens with one attached hydrogen (secondary N) is 2. The summed E-state index contributed by atoms with van der Waals surface area (Å²) in [5, 5.41) is 2.82. The molecule has 3 aromatic rings. The summed E-state index contributed by atoms with van der Waals surface area (Å²) in [4.78, 5) is 12.8. The zero-order chi connectivity index (χ0) is 21.8. The van der Waals surface area contributed by atoms with E-state index in [1.165, 1.54) is 18.2 Å². The maximum atomic E-state index is 12.6. The Morgan fingerprint density at radius 3 is 2.48 bits per heavy atom. The van der Waals surface area contributed by atoms with Crippen LogP contribution in [0.15, 0.2) is 77.7 Å². The average molecular weight is 439 g/mol. The summed E-state index contributed by atoms with van der Waals surface area (Å²) in [5.41, 5.74) is 1.40. The minimum atomic E-state index is -3.75. The molecule has 7 nitrogen and oxygen atoms in total. The molecule has 0 bridgehead atoms. The second-order valence-corrected chi connectivity index (χ2v) is 8.84. The van der Waals surface area contributed by atoms with E-state index in [2.05, 4.69) is 10.0 Å². The van der Waals surface area contributed by atoms with Crippen molar-refractivity contribution in [2.24, 2.45) is 0 Å². The third kappa shape index (κ3) is 4.80. The number of ether oxygens (including phenoxy) is 2. The molecule has 3 aromatic carbocycles. The lowest BCUT2D eigenvalue weighted by Gasteiger charge is -2.26. The van der Waals surface area contributed by atoms with Crippen molar-refractivity contribution in [2.75, 3.05) is 17.9 Å². The lowest BCUT2D eigenvalue weighted by molar-refractivity contribution is 0.0789. The van der Waals surface area contributed by atoms with Crippen LogP contribution in [0.5, 0.6) is 11.5 Å². The van der Waals surface area contributed by atoms with Crippen LogP contribution in [0.4, 0.5) is 5.69 Å². The van der Waals surface area contributed by atoms with Gasteiger partial charge in [-0.05, 0) is 48.9 Å². The highest BCUT2D eigenvalue weighted by atomic mass is 32.2.